The molecule has 0 amide bonds. The number of nitrogens with two attached hydrogens (primary N) is 1. The Balaban J connectivity index is 5.46. The van der Waals surface area contributed by atoms with Gasteiger partial charge in [0.05, 0.1) is 26.4 Å². The molecule has 0 spiro atoms. The van der Waals surface area contributed by atoms with Crippen LogP contribution in [0.5, 0.6) is 0 Å². The molecule has 0 atom stereocenters. The minimum absolute atomic E-state index is 0.0598. The molecule has 0 saturated heterocycles. The number of rotatable bonds is 10. The first kappa shape index (κ1) is 23.1. The zero-order chi connectivity index (χ0) is 18.8. The largest absolute Gasteiger partial charge is 0.395 e. The molecule has 0 fully saturated rings. The van der Waals surface area contributed by atoms with E-state index in [1.807, 2.05) is 0 Å². The smallest absolute Gasteiger partial charge is 0.377 e. The van der Waals surface area contributed by atoms with Crippen LogP contribution >= 0.6 is 15.2 Å². The predicted molar refractivity (Wildman–Crippen MR) is 94.2 cm³/mol. The molecule has 0 aliphatic carbocycles. The quantitative estimate of drug-likeness (QED) is 0.334. The number of hydrogen-bond donors (Lipinski definition) is 2. The summed E-state index contributed by atoms with van der Waals surface area (Å²) in [6, 6.07) is 0. The molecule has 0 saturated carbocycles. The van der Waals surface area contributed by atoms with Crippen LogP contribution in [0, 0.1) is 5.41 Å². The standard InChI is InChI=1S/C12H26N4O6P2/c1-6-19-23(17,20-7-2)10(5)15-11(13)16-12(14)24(18,21-8-3)22-9-4/h6-9H2,1-5H3,(H3,13,14,16). The molecule has 0 aromatic carbocycles. The first-order valence-electron chi connectivity index (χ1n) is 7.46. The van der Waals surface area contributed by atoms with Gasteiger partial charge in [-0.2, -0.15) is 4.99 Å². The summed E-state index contributed by atoms with van der Waals surface area (Å²) >= 11 is 0. The molecule has 140 valence electrons. The Bertz CT molecular complexity index is 510. The zero-order valence-electron chi connectivity index (χ0n) is 14.6. The summed E-state index contributed by atoms with van der Waals surface area (Å²) in [5.41, 5.74) is 5.06. The second-order valence-corrected chi connectivity index (χ2v) is 8.25. The second kappa shape index (κ2) is 10.9. The fourth-order valence-electron chi connectivity index (χ4n) is 1.48. The van der Waals surface area contributed by atoms with E-state index in [2.05, 4.69) is 9.98 Å². The lowest BCUT2D eigenvalue weighted by molar-refractivity contribution is 0.231. The molecule has 12 heteroatoms. The lowest BCUT2D eigenvalue weighted by Gasteiger charge is -2.17. The molecule has 0 aliphatic rings. The summed E-state index contributed by atoms with van der Waals surface area (Å²) in [7, 11) is -7.39. The van der Waals surface area contributed by atoms with Gasteiger partial charge in [0.1, 0.15) is 5.45 Å². The van der Waals surface area contributed by atoms with E-state index < -0.39 is 26.7 Å². The van der Waals surface area contributed by atoms with Crippen molar-refractivity contribution in [3.8, 4) is 0 Å². The summed E-state index contributed by atoms with van der Waals surface area (Å²) in [4.78, 5) is 7.35. The van der Waals surface area contributed by atoms with Gasteiger partial charge in [-0.05, 0) is 34.6 Å². The minimum Gasteiger partial charge on any atom is -0.377 e. The van der Waals surface area contributed by atoms with Crippen LogP contribution in [0.4, 0.5) is 0 Å². The van der Waals surface area contributed by atoms with E-state index >= 15 is 0 Å². The van der Waals surface area contributed by atoms with Gasteiger partial charge < -0.3 is 23.8 Å². The average molecular weight is 384 g/mol. The number of hydrogen-bond acceptors (Lipinski definition) is 7. The fourth-order valence-corrected chi connectivity index (χ4v) is 4.06. The maximum Gasteiger partial charge on any atom is 0.395 e. The van der Waals surface area contributed by atoms with Crippen LogP contribution in [0.15, 0.2) is 9.98 Å². The highest BCUT2D eigenvalue weighted by Crippen LogP contribution is 2.50. The summed E-state index contributed by atoms with van der Waals surface area (Å²) in [6.45, 7) is 8.40. The van der Waals surface area contributed by atoms with Gasteiger partial charge in [-0.15, -0.1) is 0 Å². The second-order valence-electron chi connectivity index (χ2n) is 4.12. The highest BCUT2D eigenvalue weighted by molar-refractivity contribution is 7.72. The highest BCUT2D eigenvalue weighted by Gasteiger charge is 2.31. The van der Waals surface area contributed by atoms with E-state index in [1.54, 1.807) is 27.7 Å². The molecule has 0 aromatic rings. The Hall–Kier alpha value is -0.890. The number of nitrogens with zero attached hydrogens (tertiary/aromatic N) is 2. The van der Waals surface area contributed by atoms with E-state index in [0.717, 1.165) is 0 Å². The van der Waals surface area contributed by atoms with Crippen molar-refractivity contribution in [1.29, 1.82) is 5.41 Å². The Labute approximate surface area is 142 Å². The van der Waals surface area contributed by atoms with Crippen molar-refractivity contribution < 1.29 is 27.2 Å². The first-order valence-corrected chi connectivity index (χ1v) is 10.5. The Morgan fingerprint density at radius 3 is 1.62 bits per heavy atom. The van der Waals surface area contributed by atoms with Crippen molar-refractivity contribution >= 4 is 32.2 Å². The third-order valence-electron chi connectivity index (χ3n) is 2.36. The van der Waals surface area contributed by atoms with Crippen molar-refractivity contribution in [3.63, 3.8) is 0 Å². The Morgan fingerprint density at radius 2 is 1.25 bits per heavy atom. The summed E-state index contributed by atoms with van der Waals surface area (Å²) in [5, 5.41) is 7.72. The number of aliphatic imine (C=N–C) groups is 2. The monoisotopic (exact) mass is 384 g/mol. The molecule has 24 heavy (non-hydrogen) atoms. The van der Waals surface area contributed by atoms with Crippen LogP contribution in [0.2, 0.25) is 0 Å². The molecule has 0 aliphatic heterocycles. The average Bonchev–Trinajstić information content (AvgIpc) is 2.47. The maximum absolute atomic E-state index is 12.5. The Morgan fingerprint density at radius 1 is 0.875 bits per heavy atom. The van der Waals surface area contributed by atoms with E-state index in [-0.39, 0.29) is 31.9 Å². The van der Waals surface area contributed by atoms with Gasteiger partial charge >= 0.3 is 15.2 Å². The van der Waals surface area contributed by atoms with Crippen molar-refractivity contribution in [2.45, 2.75) is 34.6 Å². The molecule has 10 nitrogen and oxygen atoms in total. The fraction of sp³-hybridized carbons (Fsp3) is 0.750. The Kier molecular flexibility index (Phi) is 10.5. The molecule has 3 N–H and O–H groups in total. The topological polar surface area (TPSA) is 146 Å². The van der Waals surface area contributed by atoms with Crippen molar-refractivity contribution in [2.24, 2.45) is 15.7 Å². The lowest BCUT2D eigenvalue weighted by Crippen LogP contribution is -2.18. The molecule has 0 bridgehead atoms. The molecule has 0 radical (unpaired) electrons. The zero-order valence-corrected chi connectivity index (χ0v) is 16.4. The van der Waals surface area contributed by atoms with Crippen LogP contribution < -0.4 is 5.73 Å². The van der Waals surface area contributed by atoms with Crippen LogP contribution in [0.1, 0.15) is 34.6 Å². The molecule has 0 rings (SSSR count). The van der Waals surface area contributed by atoms with E-state index in [1.165, 1.54) is 6.92 Å². The van der Waals surface area contributed by atoms with Gasteiger partial charge in [0.2, 0.25) is 11.5 Å². The minimum atomic E-state index is -3.79. The van der Waals surface area contributed by atoms with Crippen molar-refractivity contribution in [1.82, 2.24) is 0 Å². The van der Waals surface area contributed by atoms with Gasteiger partial charge in [0, 0.05) is 0 Å². The molecular weight excluding hydrogens is 358 g/mol. The van der Waals surface area contributed by atoms with Crippen LogP contribution in [0.3, 0.4) is 0 Å². The summed E-state index contributed by atoms with van der Waals surface area (Å²) in [6.07, 6.45) is 0. The van der Waals surface area contributed by atoms with Crippen LogP contribution in [-0.2, 0) is 27.2 Å². The maximum atomic E-state index is 12.5. The van der Waals surface area contributed by atoms with E-state index in [0.29, 0.717) is 0 Å². The van der Waals surface area contributed by atoms with Gasteiger partial charge in [-0.3, -0.25) is 14.5 Å². The van der Waals surface area contributed by atoms with Crippen LogP contribution in [0.25, 0.3) is 0 Å². The van der Waals surface area contributed by atoms with Gasteiger partial charge in [0.15, 0.2) is 0 Å². The van der Waals surface area contributed by atoms with E-state index in [4.69, 9.17) is 29.2 Å². The van der Waals surface area contributed by atoms with Crippen molar-refractivity contribution in [2.75, 3.05) is 26.4 Å². The number of guanidine groups is 1. The highest BCUT2D eigenvalue weighted by atomic mass is 31.2. The van der Waals surface area contributed by atoms with Gasteiger partial charge in [0.25, 0.3) is 0 Å². The van der Waals surface area contributed by atoms with E-state index in [9.17, 15) is 9.13 Å². The third-order valence-corrected chi connectivity index (χ3v) is 6.31. The van der Waals surface area contributed by atoms with Gasteiger partial charge in [-0.1, -0.05) is 0 Å². The lowest BCUT2D eigenvalue weighted by atomic mass is 10.8. The molecular formula is C12H26N4O6P2. The van der Waals surface area contributed by atoms with Crippen LogP contribution in [-0.4, -0.2) is 43.4 Å². The summed E-state index contributed by atoms with van der Waals surface area (Å²) < 4.78 is 45.1. The predicted octanol–water partition coefficient (Wildman–Crippen LogP) is 3.19. The molecule has 0 unspecified atom stereocenters. The van der Waals surface area contributed by atoms with Gasteiger partial charge in [-0.25, -0.2) is 4.99 Å². The molecule has 0 heterocycles. The number of nitrogens with one attached hydrogen (secondary N) is 1. The summed E-state index contributed by atoms with van der Waals surface area (Å²) in [5.74, 6) is -0.621. The SMILES string of the molecule is CCOP(=O)(OCC)C(C)=NC(=N)N=C(N)P(=O)(OCC)OCC. The normalized spacial score (nSPS) is 14.0. The first-order chi connectivity index (χ1) is 11.2. The molecule has 0 aromatic heterocycles. The number of amidine groups is 1. The van der Waals surface area contributed by atoms with Crippen molar-refractivity contribution in [3.05, 3.63) is 0 Å². The third kappa shape index (κ3) is 6.93.